The summed E-state index contributed by atoms with van der Waals surface area (Å²) in [5.74, 6) is -0.971. The molecule has 0 aliphatic carbocycles. The van der Waals surface area contributed by atoms with Crippen molar-refractivity contribution in [2.75, 3.05) is 6.61 Å². The molecule has 0 bridgehead atoms. The first kappa shape index (κ1) is 10.8. The van der Waals surface area contributed by atoms with Gasteiger partial charge in [0.2, 0.25) is 0 Å². The summed E-state index contributed by atoms with van der Waals surface area (Å²) in [5, 5.41) is 9.51. The first-order chi connectivity index (χ1) is 7.65. The lowest BCUT2D eigenvalue weighted by Crippen LogP contribution is -2.34. The number of nitrogens with zero attached hydrogens (tertiary/aromatic N) is 1. The maximum absolute atomic E-state index is 11.8. The highest BCUT2D eigenvalue weighted by molar-refractivity contribution is 6.20. The van der Waals surface area contributed by atoms with Crippen LogP contribution in [0.2, 0.25) is 0 Å². The van der Waals surface area contributed by atoms with Crippen molar-refractivity contribution in [1.82, 2.24) is 5.06 Å². The van der Waals surface area contributed by atoms with E-state index in [-0.39, 0.29) is 6.61 Å². The summed E-state index contributed by atoms with van der Waals surface area (Å²) in [6, 6.07) is 6.51. The van der Waals surface area contributed by atoms with E-state index in [1.165, 1.54) is 0 Å². The molecule has 2 rings (SSSR count). The monoisotopic (exact) mass is 221 g/mol. The summed E-state index contributed by atoms with van der Waals surface area (Å²) in [5.41, 5.74) is 0.662. The number of fused-ring (bicyclic) bond motifs is 1. The van der Waals surface area contributed by atoms with E-state index >= 15 is 0 Å². The van der Waals surface area contributed by atoms with Gasteiger partial charge in [0.1, 0.15) is 6.10 Å². The number of aliphatic hydroxyl groups excluding tert-OH is 1. The summed E-state index contributed by atoms with van der Waals surface area (Å²) >= 11 is 0. The van der Waals surface area contributed by atoms with Crippen LogP contribution in [0.1, 0.15) is 27.6 Å². The molecule has 0 saturated heterocycles. The zero-order valence-electron chi connectivity index (χ0n) is 8.71. The normalized spacial score (nSPS) is 16.5. The van der Waals surface area contributed by atoms with Gasteiger partial charge >= 0.3 is 0 Å². The molecule has 2 amide bonds. The number of carbonyl (C=O) groups excluding carboxylic acids is 2. The second kappa shape index (κ2) is 4.03. The fourth-order valence-corrected chi connectivity index (χ4v) is 1.48. The second-order valence-corrected chi connectivity index (χ2v) is 3.55. The zero-order chi connectivity index (χ0) is 11.7. The molecule has 5 heteroatoms. The van der Waals surface area contributed by atoms with Gasteiger partial charge < -0.3 is 5.11 Å². The Morgan fingerprint density at radius 3 is 2.19 bits per heavy atom. The third-order valence-corrected chi connectivity index (χ3v) is 2.30. The minimum absolute atomic E-state index is 0.257. The quantitative estimate of drug-likeness (QED) is 0.759. The van der Waals surface area contributed by atoms with Gasteiger partial charge in [-0.05, 0) is 19.1 Å². The van der Waals surface area contributed by atoms with Gasteiger partial charge in [0.15, 0.2) is 0 Å². The number of rotatable bonds is 3. The molecule has 1 aromatic rings. The molecule has 5 nitrogen and oxygen atoms in total. The SMILES string of the molecule is C[C@@H](CO)ON1C(=O)c2ccccc2C1=O. The Bertz CT molecular complexity index is 408. The van der Waals surface area contributed by atoms with Gasteiger partial charge in [0.05, 0.1) is 17.7 Å². The summed E-state index contributed by atoms with van der Waals surface area (Å²) in [4.78, 5) is 28.6. The van der Waals surface area contributed by atoms with Crippen LogP contribution in [0.25, 0.3) is 0 Å². The van der Waals surface area contributed by atoms with E-state index in [0.29, 0.717) is 16.2 Å². The predicted molar refractivity (Wildman–Crippen MR) is 54.6 cm³/mol. The fraction of sp³-hybridized carbons (Fsp3) is 0.273. The van der Waals surface area contributed by atoms with E-state index in [1.807, 2.05) is 0 Å². The molecule has 0 radical (unpaired) electrons. The van der Waals surface area contributed by atoms with Crippen LogP contribution in [0.4, 0.5) is 0 Å². The molecule has 0 aromatic heterocycles. The number of imide groups is 1. The molecule has 0 unspecified atom stereocenters. The lowest BCUT2D eigenvalue weighted by atomic mass is 10.1. The summed E-state index contributed by atoms with van der Waals surface area (Å²) < 4.78 is 0. The molecule has 1 aliphatic heterocycles. The van der Waals surface area contributed by atoms with Crippen molar-refractivity contribution >= 4 is 11.8 Å². The highest BCUT2D eigenvalue weighted by Gasteiger charge is 2.37. The molecule has 1 heterocycles. The molecular weight excluding hydrogens is 210 g/mol. The Morgan fingerprint density at radius 1 is 1.25 bits per heavy atom. The topological polar surface area (TPSA) is 66.8 Å². The zero-order valence-corrected chi connectivity index (χ0v) is 8.71. The predicted octanol–water partition coefficient (Wildman–Crippen LogP) is 0.595. The van der Waals surface area contributed by atoms with Gasteiger partial charge in [0.25, 0.3) is 11.8 Å². The largest absolute Gasteiger partial charge is 0.394 e. The molecular formula is C11H11NO4. The van der Waals surface area contributed by atoms with Crippen LogP contribution in [0.5, 0.6) is 0 Å². The Kier molecular flexibility index (Phi) is 2.72. The van der Waals surface area contributed by atoms with Gasteiger partial charge in [-0.2, -0.15) is 0 Å². The van der Waals surface area contributed by atoms with Gasteiger partial charge in [-0.3, -0.25) is 14.4 Å². The average Bonchev–Trinajstić information content (AvgIpc) is 2.55. The molecule has 16 heavy (non-hydrogen) atoms. The molecule has 1 aromatic carbocycles. The highest BCUT2D eigenvalue weighted by Crippen LogP contribution is 2.23. The van der Waals surface area contributed by atoms with Crippen LogP contribution >= 0.6 is 0 Å². The Hall–Kier alpha value is -1.72. The minimum atomic E-state index is -0.595. The Labute approximate surface area is 92.2 Å². The standard InChI is InChI=1S/C11H11NO4/c1-7(6-13)16-12-10(14)8-4-2-3-5-9(8)11(12)15/h2-5,7,13H,6H2,1H3/t7-/m0/s1. The maximum Gasteiger partial charge on any atom is 0.285 e. The highest BCUT2D eigenvalue weighted by atomic mass is 16.7. The number of hydrogen-bond acceptors (Lipinski definition) is 4. The van der Waals surface area contributed by atoms with Crippen LogP contribution in [-0.2, 0) is 4.84 Å². The summed E-state index contributed by atoms with van der Waals surface area (Å²) in [6.45, 7) is 1.32. The van der Waals surface area contributed by atoms with E-state index in [4.69, 9.17) is 9.94 Å². The van der Waals surface area contributed by atoms with E-state index < -0.39 is 17.9 Å². The fourth-order valence-electron chi connectivity index (χ4n) is 1.48. The van der Waals surface area contributed by atoms with Crippen LogP contribution < -0.4 is 0 Å². The smallest absolute Gasteiger partial charge is 0.285 e. The van der Waals surface area contributed by atoms with Crippen LogP contribution in [0.3, 0.4) is 0 Å². The lowest BCUT2D eigenvalue weighted by molar-refractivity contribution is -0.137. The third kappa shape index (κ3) is 1.60. The number of amides is 2. The summed E-state index contributed by atoms with van der Waals surface area (Å²) in [7, 11) is 0. The second-order valence-electron chi connectivity index (χ2n) is 3.55. The minimum Gasteiger partial charge on any atom is -0.394 e. The lowest BCUT2D eigenvalue weighted by Gasteiger charge is -2.17. The molecule has 1 aliphatic rings. The molecule has 0 fully saturated rings. The molecule has 0 spiro atoms. The number of benzene rings is 1. The summed E-state index contributed by atoms with van der Waals surface area (Å²) in [6.07, 6.45) is -0.595. The van der Waals surface area contributed by atoms with E-state index in [2.05, 4.69) is 0 Å². The molecule has 84 valence electrons. The van der Waals surface area contributed by atoms with Gasteiger partial charge in [-0.15, -0.1) is 5.06 Å². The molecule has 1 N–H and O–H groups in total. The first-order valence-corrected chi connectivity index (χ1v) is 4.90. The van der Waals surface area contributed by atoms with Gasteiger partial charge in [-0.25, -0.2) is 0 Å². The average molecular weight is 221 g/mol. The van der Waals surface area contributed by atoms with Crippen molar-refractivity contribution in [1.29, 1.82) is 0 Å². The van der Waals surface area contributed by atoms with Crippen molar-refractivity contribution in [2.45, 2.75) is 13.0 Å². The Balaban J connectivity index is 2.28. The van der Waals surface area contributed by atoms with Crippen molar-refractivity contribution in [3.63, 3.8) is 0 Å². The molecule has 0 saturated carbocycles. The number of hydroxylamine groups is 2. The molecule has 1 atom stereocenters. The van der Waals surface area contributed by atoms with E-state index in [1.54, 1.807) is 31.2 Å². The number of aliphatic hydroxyl groups is 1. The number of carbonyl (C=O) groups is 2. The van der Waals surface area contributed by atoms with E-state index in [0.717, 1.165) is 0 Å². The van der Waals surface area contributed by atoms with Crippen LogP contribution in [-0.4, -0.2) is 34.7 Å². The van der Waals surface area contributed by atoms with Gasteiger partial charge in [0, 0.05) is 0 Å². The van der Waals surface area contributed by atoms with Crippen molar-refractivity contribution in [3.8, 4) is 0 Å². The number of hydrogen-bond donors (Lipinski definition) is 1. The third-order valence-electron chi connectivity index (χ3n) is 2.30. The Morgan fingerprint density at radius 2 is 1.75 bits per heavy atom. The van der Waals surface area contributed by atoms with Crippen LogP contribution in [0, 0.1) is 0 Å². The van der Waals surface area contributed by atoms with Crippen LogP contribution in [0.15, 0.2) is 24.3 Å². The van der Waals surface area contributed by atoms with Gasteiger partial charge in [-0.1, -0.05) is 12.1 Å². The van der Waals surface area contributed by atoms with Crippen molar-refractivity contribution in [3.05, 3.63) is 35.4 Å². The van der Waals surface area contributed by atoms with Crippen molar-refractivity contribution in [2.24, 2.45) is 0 Å². The van der Waals surface area contributed by atoms with E-state index in [9.17, 15) is 9.59 Å². The first-order valence-electron chi connectivity index (χ1n) is 4.90. The maximum atomic E-state index is 11.8. The van der Waals surface area contributed by atoms with Crippen molar-refractivity contribution < 1.29 is 19.5 Å².